The molecular formula is C13H18Br2N4S. The summed E-state index contributed by atoms with van der Waals surface area (Å²) in [5.41, 5.74) is 6.42. The number of aryl methyl sites for hydroxylation is 2. The largest absolute Gasteiger partial charge is 0.271 e. The minimum Gasteiger partial charge on any atom is -0.271 e. The highest BCUT2D eigenvalue weighted by molar-refractivity contribution is 9.12. The molecule has 2 aromatic rings. The summed E-state index contributed by atoms with van der Waals surface area (Å²) in [4.78, 5) is 0. The maximum Gasteiger partial charge on any atom is 0.0758 e. The van der Waals surface area contributed by atoms with E-state index in [-0.39, 0.29) is 6.04 Å². The first kappa shape index (κ1) is 16.2. The summed E-state index contributed by atoms with van der Waals surface area (Å²) in [6, 6.07) is 4.34. The summed E-state index contributed by atoms with van der Waals surface area (Å²) in [6.07, 6.45) is 1.77. The molecule has 3 N–H and O–H groups in total. The molecule has 1 atom stereocenters. The standard InChI is InChI=1S/C13H18Br2N4S/c1-3-8-5-9(19(4-2)18-8)6-11(17-16)10-7-12(14)20-13(10)15/h5,7,11,17H,3-4,6,16H2,1-2H3. The van der Waals surface area contributed by atoms with Gasteiger partial charge >= 0.3 is 0 Å². The van der Waals surface area contributed by atoms with Gasteiger partial charge in [0.2, 0.25) is 0 Å². The number of nitrogens with one attached hydrogen (secondary N) is 1. The lowest BCUT2D eigenvalue weighted by Gasteiger charge is -2.16. The first-order chi connectivity index (χ1) is 9.58. The van der Waals surface area contributed by atoms with Crippen LogP contribution in [-0.4, -0.2) is 9.78 Å². The number of hydrogen-bond acceptors (Lipinski definition) is 4. The first-order valence-corrected chi connectivity index (χ1v) is 8.95. The highest BCUT2D eigenvalue weighted by Crippen LogP contribution is 2.36. The van der Waals surface area contributed by atoms with Crippen LogP contribution in [0, 0.1) is 0 Å². The lowest BCUT2D eigenvalue weighted by Crippen LogP contribution is -2.30. The second-order valence-corrected chi connectivity index (χ2v) is 8.25. The maximum absolute atomic E-state index is 5.75. The third-order valence-corrected chi connectivity index (χ3v) is 5.63. The molecule has 0 radical (unpaired) electrons. The van der Waals surface area contributed by atoms with Crippen LogP contribution in [0.1, 0.15) is 36.8 Å². The molecule has 0 aliphatic heterocycles. The van der Waals surface area contributed by atoms with E-state index in [9.17, 15) is 0 Å². The van der Waals surface area contributed by atoms with Gasteiger partial charge in [0, 0.05) is 18.7 Å². The molecular weight excluding hydrogens is 404 g/mol. The zero-order valence-electron chi connectivity index (χ0n) is 11.5. The van der Waals surface area contributed by atoms with Crippen LogP contribution in [-0.2, 0) is 19.4 Å². The van der Waals surface area contributed by atoms with Gasteiger partial charge in [-0.2, -0.15) is 5.10 Å². The second kappa shape index (κ2) is 7.17. The average Bonchev–Trinajstić information content (AvgIpc) is 2.98. The first-order valence-electron chi connectivity index (χ1n) is 6.55. The third kappa shape index (κ3) is 3.51. The normalized spacial score (nSPS) is 12.8. The number of thiophene rings is 1. The SMILES string of the molecule is CCc1cc(CC(NN)c2cc(Br)sc2Br)n(CC)n1. The van der Waals surface area contributed by atoms with Crippen LogP contribution in [0.4, 0.5) is 0 Å². The molecule has 4 nitrogen and oxygen atoms in total. The Hall–Kier alpha value is -0.210. The predicted molar refractivity (Wildman–Crippen MR) is 90.8 cm³/mol. The molecule has 7 heteroatoms. The highest BCUT2D eigenvalue weighted by Gasteiger charge is 2.19. The molecule has 0 saturated heterocycles. The fraction of sp³-hybridized carbons (Fsp3) is 0.462. The molecule has 1 unspecified atom stereocenters. The van der Waals surface area contributed by atoms with Gasteiger partial charge in [-0.3, -0.25) is 16.0 Å². The van der Waals surface area contributed by atoms with Crippen molar-refractivity contribution in [2.24, 2.45) is 5.84 Å². The Morgan fingerprint density at radius 3 is 2.65 bits per heavy atom. The predicted octanol–water partition coefficient (Wildman–Crippen LogP) is 3.80. The van der Waals surface area contributed by atoms with Gasteiger partial charge in [-0.05, 0) is 62.9 Å². The lowest BCUT2D eigenvalue weighted by atomic mass is 10.1. The minimum absolute atomic E-state index is 0.0682. The Kier molecular flexibility index (Phi) is 5.80. The van der Waals surface area contributed by atoms with Crippen molar-refractivity contribution >= 4 is 43.2 Å². The number of hydrogen-bond donors (Lipinski definition) is 2. The van der Waals surface area contributed by atoms with Crippen molar-refractivity contribution in [1.82, 2.24) is 15.2 Å². The highest BCUT2D eigenvalue weighted by atomic mass is 79.9. The molecule has 0 aliphatic carbocycles. The molecule has 110 valence electrons. The van der Waals surface area contributed by atoms with Gasteiger partial charge < -0.3 is 0 Å². The summed E-state index contributed by atoms with van der Waals surface area (Å²) < 4.78 is 4.25. The molecule has 0 amide bonds. The van der Waals surface area contributed by atoms with Gasteiger partial charge in [-0.1, -0.05) is 6.92 Å². The summed E-state index contributed by atoms with van der Waals surface area (Å²) in [5, 5.41) is 4.59. The summed E-state index contributed by atoms with van der Waals surface area (Å²) >= 11 is 8.77. The molecule has 0 saturated carbocycles. The Bertz CT molecular complexity index is 579. The Labute approximate surface area is 140 Å². The number of rotatable bonds is 6. The second-order valence-electron chi connectivity index (χ2n) is 4.50. The number of nitrogens with two attached hydrogens (primary N) is 1. The maximum atomic E-state index is 5.75. The lowest BCUT2D eigenvalue weighted by molar-refractivity contribution is 0.516. The quantitative estimate of drug-likeness (QED) is 0.550. The molecule has 2 aromatic heterocycles. The molecule has 20 heavy (non-hydrogen) atoms. The van der Waals surface area contributed by atoms with E-state index in [0.29, 0.717) is 0 Å². The van der Waals surface area contributed by atoms with Crippen LogP contribution >= 0.6 is 43.2 Å². The van der Waals surface area contributed by atoms with E-state index in [1.807, 2.05) is 0 Å². The van der Waals surface area contributed by atoms with Gasteiger partial charge in [0.05, 0.1) is 19.3 Å². The molecule has 0 fully saturated rings. The van der Waals surface area contributed by atoms with Crippen LogP contribution in [0.2, 0.25) is 0 Å². The zero-order valence-corrected chi connectivity index (χ0v) is 15.5. The van der Waals surface area contributed by atoms with Crippen molar-refractivity contribution in [3.8, 4) is 0 Å². The number of aromatic nitrogens is 2. The van der Waals surface area contributed by atoms with E-state index in [1.165, 1.54) is 11.3 Å². The van der Waals surface area contributed by atoms with Crippen molar-refractivity contribution < 1.29 is 0 Å². The smallest absolute Gasteiger partial charge is 0.0758 e. The van der Waals surface area contributed by atoms with Crippen molar-refractivity contribution in [1.29, 1.82) is 0 Å². The van der Waals surface area contributed by atoms with Crippen LogP contribution in [0.15, 0.2) is 19.7 Å². The van der Waals surface area contributed by atoms with Gasteiger partial charge in [0.1, 0.15) is 0 Å². The van der Waals surface area contributed by atoms with Crippen LogP contribution in [0.25, 0.3) is 0 Å². The molecule has 0 aromatic carbocycles. The van der Waals surface area contributed by atoms with E-state index < -0.39 is 0 Å². The molecule has 2 heterocycles. The topological polar surface area (TPSA) is 55.9 Å². The van der Waals surface area contributed by atoms with Crippen molar-refractivity contribution in [3.63, 3.8) is 0 Å². The Morgan fingerprint density at radius 1 is 1.40 bits per heavy atom. The van der Waals surface area contributed by atoms with E-state index in [4.69, 9.17) is 5.84 Å². The fourth-order valence-corrected chi connectivity index (χ4v) is 5.16. The monoisotopic (exact) mass is 420 g/mol. The summed E-state index contributed by atoms with van der Waals surface area (Å²) in [5.74, 6) is 5.75. The van der Waals surface area contributed by atoms with Gasteiger partial charge in [0.15, 0.2) is 0 Å². The van der Waals surface area contributed by atoms with Gasteiger partial charge in [-0.25, -0.2) is 0 Å². The van der Waals surface area contributed by atoms with Crippen LogP contribution in [0.5, 0.6) is 0 Å². The summed E-state index contributed by atoms with van der Waals surface area (Å²) in [6.45, 7) is 5.11. The van der Waals surface area contributed by atoms with Crippen molar-refractivity contribution in [2.45, 2.75) is 39.3 Å². The number of halogens is 2. The molecule has 0 bridgehead atoms. The van der Waals surface area contributed by atoms with Crippen LogP contribution in [0.3, 0.4) is 0 Å². The van der Waals surface area contributed by atoms with E-state index >= 15 is 0 Å². The van der Waals surface area contributed by atoms with E-state index in [2.05, 4.69) is 73.0 Å². The van der Waals surface area contributed by atoms with Crippen molar-refractivity contribution in [2.75, 3.05) is 0 Å². The average molecular weight is 422 g/mol. The van der Waals surface area contributed by atoms with Gasteiger partial charge in [0.25, 0.3) is 0 Å². The number of hydrazine groups is 1. The number of nitrogens with zero attached hydrogens (tertiary/aromatic N) is 2. The van der Waals surface area contributed by atoms with E-state index in [1.54, 1.807) is 11.3 Å². The van der Waals surface area contributed by atoms with Gasteiger partial charge in [-0.15, -0.1) is 11.3 Å². The fourth-order valence-electron chi connectivity index (χ4n) is 2.18. The van der Waals surface area contributed by atoms with Crippen molar-refractivity contribution in [3.05, 3.63) is 36.7 Å². The zero-order chi connectivity index (χ0) is 14.7. The molecule has 2 rings (SSSR count). The minimum atomic E-state index is 0.0682. The third-order valence-electron chi connectivity index (χ3n) is 3.25. The molecule has 0 aliphatic rings. The Morgan fingerprint density at radius 2 is 2.15 bits per heavy atom. The molecule has 0 spiro atoms. The van der Waals surface area contributed by atoms with E-state index in [0.717, 1.165) is 32.7 Å². The summed E-state index contributed by atoms with van der Waals surface area (Å²) in [7, 11) is 0. The van der Waals surface area contributed by atoms with Crippen LogP contribution < -0.4 is 11.3 Å². The Balaban J connectivity index is 2.26.